The maximum atomic E-state index is 10.3. The van der Waals surface area contributed by atoms with E-state index in [1.54, 1.807) is 0 Å². The van der Waals surface area contributed by atoms with Gasteiger partial charge in [0.2, 0.25) is 0 Å². The summed E-state index contributed by atoms with van der Waals surface area (Å²) in [6.07, 6.45) is 18.9. The molecule has 0 bridgehead atoms. The Labute approximate surface area is 180 Å². The Morgan fingerprint density at radius 3 is 2.55 bits per heavy atom. The Bertz CT molecular complexity index is 674. The highest BCUT2D eigenvalue weighted by atomic mass is 16.3. The molecule has 0 saturated heterocycles. The lowest BCUT2D eigenvalue weighted by Gasteiger charge is -2.61. The van der Waals surface area contributed by atoms with Crippen LogP contribution in [0.2, 0.25) is 0 Å². The van der Waals surface area contributed by atoms with Crippen molar-refractivity contribution in [2.75, 3.05) is 0 Å². The van der Waals surface area contributed by atoms with Crippen LogP contribution in [0.25, 0.3) is 0 Å². The van der Waals surface area contributed by atoms with Gasteiger partial charge in [0.05, 0.1) is 6.10 Å². The number of allylic oxidation sites excluding steroid dienone is 4. The highest BCUT2D eigenvalue weighted by Crippen LogP contribution is 2.72. The molecule has 3 fully saturated rings. The first-order valence-corrected chi connectivity index (χ1v) is 12.7. The van der Waals surface area contributed by atoms with Crippen LogP contribution in [-0.4, -0.2) is 11.2 Å². The van der Waals surface area contributed by atoms with Crippen LogP contribution < -0.4 is 0 Å². The fourth-order valence-corrected chi connectivity index (χ4v) is 8.46. The van der Waals surface area contributed by atoms with Gasteiger partial charge in [0.15, 0.2) is 0 Å². The number of aliphatic hydroxyl groups excluding tert-OH is 1. The third-order valence-corrected chi connectivity index (χ3v) is 10.6. The SMILES string of the molecule is CC(C)C/C=C/[C@@H](C)[C@H]1CC[C@@]2(C)C3=CC[C@H]4C[C@@H](O)CC[C@]4(C)[C@H]3CC[C@]12C. The van der Waals surface area contributed by atoms with Crippen LogP contribution in [-0.2, 0) is 0 Å². The van der Waals surface area contributed by atoms with Crippen molar-refractivity contribution in [1.29, 1.82) is 0 Å². The Kier molecular flexibility index (Phi) is 5.63. The molecule has 0 radical (unpaired) electrons. The first-order chi connectivity index (χ1) is 13.6. The third kappa shape index (κ3) is 3.29. The van der Waals surface area contributed by atoms with Crippen molar-refractivity contribution < 1.29 is 5.11 Å². The molecule has 3 saturated carbocycles. The molecular formula is C28H46O. The molecular weight excluding hydrogens is 352 g/mol. The van der Waals surface area contributed by atoms with Gasteiger partial charge in [0, 0.05) is 0 Å². The van der Waals surface area contributed by atoms with E-state index in [-0.39, 0.29) is 6.10 Å². The lowest BCUT2D eigenvalue weighted by molar-refractivity contribution is -0.0608. The summed E-state index contributed by atoms with van der Waals surface area (Å²) in [6, 6.07) is 0. The molecule has 4 aliphatic carbocycles. The number of hydrogen-bond donors (Lipinski definition) is 1. The molecule has 0 spiro atoms. The maximum Gasteiger partial charge on any atom is 0.0543 e. The van der Waals surface area contributed by atoms with Gasteiger partial charge in [-0.2, -0.15) is 0 Å². The number of aliphatic hydroxyl groups is 1. The van der Waals surface area contributed by atoms with Gasteiger partial charge in [-0.1, -0.05) is 65.3 Å². The molecule has 0 aromatic carbocycles. The van der Waals surface area contributed by atoms with Crippen LogP contribution in [0.1, 0.15) is 99.3 Å². The molecule has 4 aliphatic rings. The van der Waals surface area contributed by atoms with Crippen molar-refractivity contribution in [3.8, 4) is 0 Å². The van der Waals surface area contributed by atoms with Crippen LogP contribution in [0, 0.1) is 45.8 Å². The third-order valence-electron chi connectivity index (χ3n) is 10.6. The molecule has 0 heterocycles. The highest BCUT2D eigenvalue weighted by Gasteiger charge is 2.63. The average molecular weight is 399 g/mol. The van der Waals surface area contributed by atoms with Crippen LogP contribution >= 0.6 is 0 Å². The van der Waals surface area contributed by atoms with Gasteiger partial charge in [0.25, 0.3) is 0 Å². The Hall–Kier alpha value is -0.560. The summed E-state index contributed by atoms with van der Waals surface area (Å²) in [4.78, 5) is 0. The van der Waals surface area contributed by atoms with Crippen molar-refractivity contribution >= 4 is 0 Å². The van der Waals surface area contributed by atoms with Gasteiger partial charge >= 0.3 is 0 Å². The molecule has 164 valence electrons. The quantitative estimate of drug-likeness (QED) is 0.484. The second kappa shape index (κ2) is 7.54. The predicted molar refractivity (Wildman–Crippen MR) is 124 cm³/mol. The van der Waals surface area contributed by atoms with Crippen molar-refractivity contribution in [3.63, 3.8) is 0 Å². The lowest BCUT2D eigenvalue weighted by atomic mass is 9.43. The Morgan fingerprint density at radius 1 is 1.07 bits per heavy atom. The van der Waals surface area contributed by atoms with E-state index in [4.69, 9.17) is 0 Å². The summed E-state index contributed by atoms with van der Waals surface area (Å²) in [5, 5.41) is 10.3. The van der Waals surface area contributed by atoms with Crippen LogP contribution in [0.3, 0.4) is 0 Å². The van der Waals surface area contributed by atoms with E-state index in [1.165, 1.54) is 44.9 Å². The molecule has 0 aliphatic heterocycles. The zero-order chi connectivity index (χ0) is 21.0. The zero-order valence-electron chi connectivity index (χ0n) is 20.0. The Balaban J connectivity index is 1.60. The van der Waals surface area contributed by atoms with Crippen molar-refractivity contribution in [2.24, 2.45) is 45.8 Å². The van der Waals surface area contributed by atoms with Gasteiger partial charge < -0.3 is 5.11 Å². The van der Waals surface area contributed by atoms with Crippen molar-refractivity contribution in [3.05, 3.63) is 23.8 Å². The average Bonchev–Trinajstić information content (AvgIpc) is 2.93. The standard InChI is InChI=1S/C28H46O/c1-19(2)8-7-9-20(3)23-13-16-28(6)25-11-10-21-18-22(29)12-15-26(21,4)24(25)14-17-27(23,28)5/h7,9,11,19-24,29H,8,10,12-18H2,1-6H3/b9-7+/t20-,21+,22+,23-,24+,26+,27-,28+/m1/s1. The maximum absolute atomic E-state index is 10.3. The largest absolute Gasteiger partial charge is 0.393 e. The van der Waals surface area contributed by atoms with E-state index in [0.29, 0.717) is 28.1 Å². The van der Waals surface area contributed by atoms with Crippen molar-refractivity contribution in [2.45, 2.75) is 105 Å². The molecule has 0 aromatic rings. The summed E-state index contributed by atoms with van der Waals surface area (Å²) in [7, 11) is 0. The molecule has 0 amide bonds. The van der Waals surface area contributed by atoms with E-state index in [1.807, 2.05) is 5.57 Å². The first kappa shape index (κ1) is 21.7. The summed E-state index contributed by atoms with van der Waals surface area (Å²) < 4.78 is 0. The minimum atomic E-state index is -0.0539. The first-order valence-electron chi connectivity index (χ1n) is 12.7. The van der Waals surface area contributed by atoms with Crippen LogP contribution in [0.5, 0.6) is 0 Å². The van der Waals surface area contributed by atoms with E-state index in [9.17, 15) is 5.11 Å². The molecule has 4 rings (SSSR count). The topological polar surface area (TPSA) is 20.2 Å². The minimum Gasteiger partial charge on any atom is -0.393 e. The number of fused-ring (bicyclic) bond motifs is 5. The smallest absolute Gasteiger partial charge is 0.0543 e. The van der Waals surface area contributed by atoms with E-state index < -0.39 is 0 Å². The summed E-state index contributed by atoms with van der Waals surface area (Å²) >= 11 is 0. The minimum absolute atomic E-state index is 0.0539. The zero-order valence-corrected chi connectivity index (χ0v) is 20.0. The van der Waals surface area contributed by atoms with Crippen LogP contribution in [0.4, 0.5) is 0 Å². The molecule has 1 nitrogen and oxygen atoms in total. The fraction of sp³-hybridized carbons (Fsp3) is 0.857. The summed E-state index contributed by atoms with van der Waals surface area (Å²) in [5.41, 5.74) is 3.08. The molecule has 8 atom stereocenters. The monoisotopic (exact) mass is 398 g/mol. The second-order valence-corrected chi connectivity index (χ2v) is 12.4. The molecule has 0 unspecified atom stereocenters. The normalized spacial score (nSPS) is 48.2. The second-order valence-electron chi connectivity index (χ2n) is 12.4. The van der Waals surface area contributed by atoms with Gasteiger partial charge in [-0.25, -0.2) is 0 Å². The van der Waals surface area contributed by atoms with Gasteiger partial charge in [-0.05, 0) is 104 Å². The highest BCUT2D eigenvalue weighted by molar-refractivity contribution is 5.32. The van der Waals surface area contributed by atoms with Crippen LogP contribution in [0.15, 0.2) is 23.8 Å². The molecule has 1 heteroatoms. The van der Waals surface area contributed by atoms with Gasteiger partial charge in [0.1, 0.15) is 0 Å². The number of rotatable bonds is 4. The van der Waals surface area contributed by atoms with E-state index in [2.05, 4.69) is 59.8 Å². The number of hydrogen-bond acceptors (Lipinski definition) is 1. The fourth-order valence-electron chi connectivity index (χ4n) is 8.46. The van der Waals surface area contributed by atoms with E-state index >= 15 is 0 Å². The van der Waals surface area contributed by atoms with E-state index in [0.717, 1.165) is 30.6 Å². The van der Waals surface area contributed by atoms with Gasteiger partial charge in [-0.3, -0.25) is 0 Å². The van der Waals surface area contributed by atoms with Gasteiger partial charge in [-0.15, -0.1) is 0 Å². The van der Waals surface area contributed by atoms with Crippen molar-refractivity contribution in [1.82, 2.24) is 0 Å². The molecule has 0 aromatic heterocycles. The Morgan fingerprint density at radius 2 is 1.83 bits per heavy atom. The summed E-state index contributed by atoms with van der Waals surface area (Å²) in [5.74, 6) is 3.72. The predicted octanol–water partition coefficient (Wildman–Crippen LogP) is 7.55. The summed E-state index contributed by atoms with van der Waals surface area (Å²) in [6.45, 7) is 15.0. The lowest BCUT2D eigenvalue weighted by Crippen LogP contribution is -2.53. The molecule has 29 heavy (non-hydrogen) atoms. The molecule has 1 N–H and O–H groups in total.